The molecule has 1 fully saturated rings. The van der Waals surface area contributed by atoms with Gasteiger partial charge in [-0.1, -0.05) is 35.6 Å². The number of hydrogen-bond acceptors (Lipinski definition) is 6. The highest BCUT2D eigenvalue weighted by Gasteiger charge is 2.31. The van der Waals surface area contributed by atoms with Crippen LogP contribution in [0.2, 0.25) is 0 Å². The van der Waals surface area contributed by atoms with Crippen LogP contribution < -0.4 is 9.80 Å². The molecule has 7 nitrogen and oxygen atoms in total. The highest BCUT2D eigenvalue weighted by Crippen LogP contribution is 2.33. The van der Waals surface area contributed by atoms with Crippen LogP contribution in [0.4, 0.5) is 16.5 Å². The summed E-state index contributed by atoms with van der Waals surface area (Å²) < 4.78 is 1.07. The smallest absolute Gasteiger partial charge is 0.292 e. The molecule has 8 heteroatoms. The van der Waals surface area contributed by atoms with Crippen LogP contribution in [-0.2, 0) is 4.79 Å². The van der Waals surface area contributed by atoms with Gasteiger partial charge in [0.2, 0.25) is 5.91 Å². The molecule has 4 rings (SSSR count). The number of nitrogens with zero attached hydrogens (tertiary/aromatic N) is 4. The first-order valence-corrected chi connectivity index (χ1v) is 10.6. The minimum absolute atomic E-state index is 0.0915. The molecule has 150 valence electrons. The second-order valence-electron chi connectivity index (χ2n) is 7.05. The molecule has 0 unspecified atom stereocenters. The number of hydrogen-bond donors (Lipinski definition) is 0. The van der Waals surface area contributed by atoms with Crippen molar-refractivity contribution in [3.8, 4) is 0 Å². The number of nitro groups is 1. The Hall–Kier alpha value is -3.00. The normalized spacial score (nSPS) is 14.9. The molecule has 1 amide bonds. The summed E-state index contributed by atoms with van der Waals surface area (Å²) in [5.74, 6) is -0.00486. The lowest BCUT2D eigenvalue weighted by Crippen LogP contribution is -2.42. The summed E-state index contributed by atoms with van der Waals surface area (Å²) in [5.41, 5.74) is 1.65. The Kier molecular flexibility index (Phi) is 5.44. The summed E-state index contributed by atoms with van der Waals surface area (Å²) in [7, 11) is 0. The average molecular weight is 410 g/mol. The Morgan fingerprint density at radius 2 is 1.90 bits per heavy atom. The fourth-order valence-corrected chi connectivity index (χ4v) is 4.87. The quantitative estimate of drug-likeness (QED) is 0.458. The van der Waals surface area contributed by atoms with E-state index < -0.39 is 0 Å². The van der Waals surface area contributed by atoms with Crippen LogP contribution in [-0.4, -0.2) is 35.4 Å². The molecule has 0 radical (unpaired) electrons. The van der Waals surface area contributed by atoms with Crippen molar-refractivity contribution in [3.63, 3.8) is 0 Å². The Morgan fingerprint density at radius 3 is 2.59 bits per heavy atom. The molecule has 2 heterocycles. The molecule has 1 aromatic heterocycles. The van der Waals surface area contributed by atoms with E-state index in [0.29, 0.717) is 38.2 Å². The maximum Gasteiger partial charge on any atom is 0.292 e. The molecule has 0 N–H and O–H groups in total. The van der Waals surface area contributed by atoms with E-state index in [-0.39, 0.29) is 22.4 Å². The molecule has 0 atom stereocenters. The van der Waals surface area contributed by atoms with Gasteiger partial charge in [0.05, 0.1) is 15.1 Å². The van der Waals surface area contributed by atoms with Gasteiger partial charge in [-0.2, -0.15) is 0 Å². The van der Waals surface area contributed by atoms with E-state index in [0.717, 1.165) is 15.3 Å². The van der Waals surface area contributed by atoms with Gasteiger partial charge in [0.25, 0.3) is 5.69 Å². The van der Waals surface area contributed by atoms with Crippen LogP contribution in [0.5, 0.6) is 0 Å². The highest BCUT2D eigenvalue weighted by atomic mass is 32.1. The standard InChI is InChI=1S/C21H22N4O3S/c1-2-24(21-22-16-7-3-6-10-19(16)29-21)20(26)15-11-13-23(14-12-15)17-8-4-5-9-18(17)25(27)28/h3-10,15H,2,11-14H2,1H3. The number of anilines is 2. The van der Waals surface area contributed by atoms with Crippen molar-refractivity contribution >= 4 is 44.0 Å². The summed E-state index contributed by atoms with van der Waals surface area (Å²) in [5, 5.41) is 12.0. The van der Waals surface area contributed by atoms with Crippen molar-refractivity contribution in [2.45, 2.75) is 19.8 Å². The minimum atomic E-state index is -0.349. The molecule has 3 aromatic rings. The molecule has 1 saturated heterocycles. The van der Waals surface area contributed by atoms with Crippen molar-refractivity contribution < 1.29 is 9.72 Å². The first-order valence-electron chi connectivity index (χ1n) is 9.73. The number of carbonyl (C=O) groups excluding carboxylic acids is 1. The van der Waals surface area contributed by atoms with Crippen LogP contribution in [0.3, 0.4) is 0 Å². The van der Waals surface area contributed by atoms with Crippen LogP contribution in [0.25, 0.3) is 10.2 Å². The van der Waals surface area contributed by atoms with E-state index >= 15 is 0 Å². The van der Waals surface area contributed by atoms with E-state index in [1.54, 1.807) is 17.0 Å². The molecular formula is C21H22N4O3S. The lowest BCUT2D eigenvalue weighted by atomic mass is 9.95. The summed E-state index contributed by atoms with van der Waals surface area (Å²) in [6.07, 6.45) is 1.35. The molecule has 0 spiro atoms. The van der Waals surface area contributed by atoms with Crippen LogP contribution in [0.15, 0.2) is 48.5 Å². The van der Waals surface area contributed by atoms with Crippen LogP contribution in [0, 0.1) is 16.0 Å². The first kappa shape index (κ1) is 19.3. The van der Waals surface area contributed by atoms with Gasteiger partial charge in [-0.05, 0) is 38.0 Å². The molecule has 1 aliphatic heterocycles. The lowest BCUT2D eigenvalue weighted by molar-refractivity contribution is -0.384. The third kappa shape index (κ3) is 3.80. The molecular weight excluding hydrogens is 388 g/mol. The Bertz CT molecular complexity index is 1010. The third-order valence-corrected chi connectivity index (χ3v) is 6.42. The number of amides is 1. The number of para-hydroxylation sites is 3. The predicted octanol–water partition coefficient (Wildman–Crippen LogP) is 4.47. The van der Waals surface area contributed by atoms with Gasteiger partial charge < -0.3 is 4.90 Å². The van der Waals surface area contributed by atoms with Gasteiger partial charge in [-0.3, -0.25) is 19.8 Å². The number of nitro benzene ring substituents is 1. The lowest BCUT2D eigenvalue weighted by Gasteiger charge is -2.34. The molecule has 1 aliphatic rings. The zero-order valence-electron chi connectivity index (χ0n) is 16.2. The Balaban J connectivity index is 1.47. The van der Waals surface area contributed by atoms with Crippen molar-refractivity contribution in [1.82, 2.24) is 4.98 Å². The van der Waals surface area contributed by atoms with Gasteiger partial charge >= 0.3 is 0 Å². The fraction of sp³-hybridized carbons (Fsp3) is 0.333. The fourth-order valence-electron chi connectivity index (χ4n) is 3.83. The molecule has 0 saturated carbocycles. The maximum absolute atomic E-state index is 13.2. The number of rotatable bonds is 5. The van der Waals surface area contributed by atoms with Crippen molar-refractivity contribution in [2.24, 2.45) is 5.92 Å². The van der Waals surface area contributed by atoms with E-state index in [4.69, 9.17) is 0 Å². The highest BCUT2D eigenvalue weighted by molar-refractivity contribution is 7.22. The van der Waals surface area contributed by atoms with E-state index in [1.807, 2.05) is 42.2 Å². The summed E-state index contributed by atoms with van der Waals surface area (Å²) in [6, 6.07) is 14.7. The molecule has 29 heavy (non-hydrogen) atoms. The van der Waals surface area contributed by atoms with E-state index in [2.05, 4.69) is 4.98 Å². The van der Waals surface area contributed by atoms with E-state index in [9.17, 15) is 14.9 Å². The maximum atomic E-state index is 13.2. The number of thiazole rings is 1. The van der Waals surface area contributed by atoms with Gasteiger partial charge in [-0.25, -0.2) is 4.98 Å². The first-order chi connectivity index (χ1) is 14.1. The molecule has 2 aromatic carbocycles. The Morgan fingerprint density at radius 1 is 1.21 bits per heavy atom. The van der Waals surface area contributed by atoms with Crippen molar-refractivity contribution in [1.29, 1.82) is 0 Å². The zero-order valence-corrected chi connectivity index (χ0v) is 17.0. The molecule has 0 bridgehead atoms. The zero-order chi connectivity index (χ0) is 20.4. The number of fused-ring (bicyclic) bond motifs is 1. The monoisotopic (exact) mass is 410 g/mol. The average Bonchev–Trinajstić information content (AvgIpc) is 3.18. The third-order valence-electron chi connectivity index (χ3n) is 5.36. The summed E-state index contributed by atoms with van der Waals surface area (Å²) >= 11 is 1.53. The SMILES string of the molecule is CCN(C(=O)C1CCN(c2ccccc2[N+](=O)[O-])CC1)c1nc2ccccc2s1. The van der Waals surface area contributed by atoms with Crippen LogP contribution in [0.1, 0.15) is 19.8 Å². The number of carbonyl (C=O) groups is 1. The minimum Gasteiger partial charge on any atom is -0.366 e. The van der Waals surface area contributed by atoms with E-state index in [1.165, 1.54) is 17.4 Å². The van der Waals surface area contributed by atoms with Gasteiger partial charge in [0, 0.05) is 31.6 Å². The summed E-state index contributed by atoms with van der Waals surface area (Å²) in [6.45, 7) is 3.78. The second kappa shape index (κ2) is 8.16. The van der Waals surface area contributed by atoms with Crippen molar-refractivity contribution in [2.75, 3.05) is 29.4 Å². The van der Waals surface area contributed by atoms with Crippen LogP contribution >= 0.6 is 11.3 Å². The number of benzene rings is 2. The summed E-state index contributed by atoms with van der Waals surface area (Å²) in [4.78, 5) is 32.6. The van der Waals surface area contributed by atoms with Gasteiger partial charge in [0.1, 0.15) is 5.69 Å². The topological polar surface area (TPSA) is 79.6 Å². The molecule has 0 aliphatic carbocycles. The Labute approximate surface area is 172 Å². The van der Waals surface area contributed by atoms with Gasteiger partial charge in [-0.15, -0.1) is 0 Å². The predicted molar refractivity (Wildman–Crippen MR) is 116 cm³/mol. The van der Waals surface area contributed by atoms with Crippen molar-refractivity contribution in [3.05, 3.63) is 58.6 Å². The second-order valence-corrected chi connectivity index (χ2v) is 8.06. The largest absolute Gasteiger partial charge is 0.366 e. The van der Waals surface area contributed by atoms with Gasteiger partial charge in [0.15, 0.2) is 5.13 Å². The number of aromatic nitrogens is 1. The number of piperidine rings is 1.